The minimum atomic E-state index is -4.49. The Morgan fingerprint density at radius 2 is 1.97 bits per heavy atom. The van der Waals surface area contributed by atoms with Crippen LogP contribution in [0.2, 0.25) is 5.15 Å². The number of hydrogen-bond acceptors (Lipinski definition) is 10. The minimum Gasteiger partial charge on any atom is -0.468 e. The number of anilines is 2. The first-order valence-electron chi connectivity index (χ1n) is 11.3. The van der Waals surface area contributed by atoms with Gasteiger partial charge in [-0.3, -0.25) is 0 Å². The van der Waals surface area contributed by atoms with Crippen molar-refractivity contribution in [2.24, 2.45) is 5.92 Å². The number of nitrogens with zero attached hydrogens (tertiary/aromatic N) is 3. The van der Waals surface area contributed by atoms with Crippen LogP contribution in [0.15, 0.2) is 12.1 Å². The quantitative estimate of drug-likeness (QED) is 0.145. The Bertz CT molecular complexity index is 1240. The summed E-state index contributed by atoms with van der Waals surface area (Å²) in [5.41, 5.74) is -2.86. The molecule has 0 aromatic carbocycles. The molecule has 0 aliphatic heterocycles. The van der Waals surface area contributed by atoms with Crippen LogP contribution in [0.3, 0.4) is 0 Å². The van der Waals surface area contributed by atoms with Crippen molar-refractivity contribution in [1.82, 2.24) is 15.0 Å². The molecule has 2 aliphatic rings. The molecule has 4 unspecified atom stereocenters. The largest absolute Gasteiger partial charge is 0.468 e. The highest BCUT2D eigenvalue weighted by atomic mass is 35.5. The average molecular weight is 544 g/mol. The Balaban J connectivity index is 1.64. The Kier molecular flexibility index (Phi) is 7.42. The van der Waals surface area contributed by atoms with E-state index in [0.29, 0.717) is 30.8 Å². The number of fused-ring (bicyclic) bond motifs is 1. The molecular weight excluding hydrogens is 519 g/mol. The van der Waals surface area contributed by atoms with Gasteiger partial charge in [-0.05, 0) is 25.8 Å². The van der Waals surface area contributed by atoms with Gasteiger partial charge in [0.05, 0.1) is 18.4 Å². The van der Waals surface area contributed by atoms with Crippen molar-refractivity contribution in [2.45, 2.75) is 43.4 Å². The van der Waals surface area contributed by atoms with Gasteiger partial charge in [0.1, 0.15) is 11.2 Å². The SMILES string of the molecule is COCCNc1nc(Cl)c(C#Cc2ccc(OCC(F)(F)F)nc2C)c(NC2(O)CCC3C(O)C32O)n1. The summed E-state index contributed by atoms with van der Waals surface area (Å²) < 4.78 is 46.9. The molecule has 14 heteroatoms. The highest BCUT2D eigenvalue weighted by molar-refractivity contribution is 6.31. The summed E-state index contributed by atoms with van der Waals surface area (Å²) in [5.74, 6) is 5.10. The van der Waals surface area contributed by atoms with E-state index in [4.69, 9.17) is 16.3 Å². The third kappa shape index (κ3) is 5.53. The molecule has 2 aromatic rings. The number of methoxy groups -OCH3 is 1. The van der Waals surface area contributed by atoms with Gasteiger partial charge in [-0.25, -0.2) is 4.98 Å². The maximum Gasteiger partial charge on any atom is 0.422 e. The third-order valence-corrected chi connectivity index (χ3v) is 6.59. The molecule has 0 spiro atoms. The maximum atomic E-state index is 12.4. The number of aliphatic hydroxyl groups excluding tert-OH is 1. The number of nitrogens with one attached hydrogen (secondary N) is 2. The zero-order chi connectivity index (χ0) is 27.0. The lowest BCUT2D eigenvalue weighted by molar-refractivity contribution is -0.154. The van der Waals surface area contributed by atoms with Gasteiger partial charge in [0.15, 0.2) is 23.3 Å². The fourth-order valence-electron chi connectivity index (χ4n) is 4.29. The number of aliphatic hydroxyl groups is 3. The van der Waals surface area contributed by atoms with Crippen molar-refractivity contribution in [2.75, 3.05) is 37.5 Å². The summed E-state index contributed by atoms with van der Waals surface area (Å²) >= 11 is 6.40. The molecule has 2 saturated carbocycles. The van der Waals surface area contributed by atoms with Crippen LogP contribution >= 0.6 is 11.6 Å². The van der Waals surface area contributed by atoms with Gasteiger partial charge >= 0.3 is 6.18 Å². The van der Waals surface area contributed by atoms with E-state index in [1.54, 1.807) is 6.92 Å². The molecular formula is C23H25ClF3N5O5. The van der Waals surface area contributed by atoms with Gasteiger partial charge in [-0.1, -0.05) is 23.4 Å². The second-order valence-electron chi connectivity index (χ2n) is 8.82. The molecule has 2 aromatic heterocycles. The number of halogens is 4. The number of rotatable bonds is 8. The highest BCUT2D eigenvalue weighted by Crippen LogP contribution is 2.60. The first-order chi connectivity index (χ1) is 17.4. The molecule has 4 rings (SSSR count). The van der Waals surface area contributed by atoms with Crippen LogP contribution in [0.1, 0.15) is 29.7 Å². The molecule has 200 valence electrons. The molecule has 2 fully saturated rings. The van der Waals surface area contributed by atoms with Crippen LogP contribution in [0.25, 0.3) is 0 Å². The van der Waals surface area contributed by atoms with Crippen molar-refractivity contribution in [3.8, 4) is 17.7 Å². The van der Waals surface area contributed by atoms with Gasteiger partial charge in [0.25, 0.3) is 0 Å². The summed E-state index contributed by atoms with van der Waals surface area (Å²) in [5, 5.41) is 37.7. The summed E-state index contributed by atoms with van der Waals surface area (Å²) in [7, 11) is 1.53. The molecule has 0 bridgehead atoms. The van der Waals surface area contributed by atoms with Crippen molar-refractivity contribution in [3.05, 3.63) is 34.1 Å². The zero-order valence-electron chi connectivity index (χ0n) is 19.9. The fourth-order valence-corrected chi connectivity index (χ4v) is 4.51. The average Bonchev–Trinajstić information content (AvgIpc) is 3.25. The Morgan fingerprint density at radius 1 is 1.22 bits per heavy atom. The molecule has 0 radical (unpaired) electrons. The van der Waals surface area contributed by atoms with E-state index in [-0.39, 0.29) is 34.8 Å². The lowest BCUT2D eigenvalue weighted by atomic mass is 10.0. The predicted octanol–water partition coefficient (Wildman–Crippen LogP) is 1.85. The second kappa shape index (κ2) is 10.1. The molecule has 10 nitrogen and oxygen atoms in total. The monoisotopic (exact) mass is 543 g/mol. The van der Waals surface area contributed by atoms with E-state index in [1.165, 1.54) is 19.2 Å². The standard InChI is InChI=1S/C23H25ClF3N5O5/c1-12-13(4-6-16(29-12)37-11-22(25,26)27)3-5-14-18(24)30-20(28-9-10-36-2)31-19(14)32-21(34)8-7-15-17(33)23(15,21)35/h4,6,15,17,33-35H,7-11H2,1-2H3,(H2,28,30,31,32). The number of aryl methyl sites for hydroxylation is 1. The smallest absolute Gasteiger partial charge is 0.422 e. The Hall–Kier alpha value is -2.89. The van der Waals surface area contributed by atoms with Gasteiger partial charge < -0.3 is 35.4 Å². The first-order valence-corrected chi connectivity index (χ1v) is 11.7. The summed E-state index contributed by atoms with van der Waals surface area (Å²) in [6, 6.07) is 2.70. The van der Waals surface area contributed by atoms with Crippen LogP contribution in [0.4, 0.5) is 24.9 Å². The second-order valence-corrected chi connectivity index (χ2v) is 9.18. The molecule has 37 heavy (non-hydrogen) atoms. The number of alkyl halides is 3. The summed E-state index contributed by atoms with van der Waals surface area (Å²) in [6.45, 7) is 0.801. The summed E-state index contributed by atoms with van der Waals surface area (Å²) in [4.78, 5) is 12.5. The molecule has 2 aliphatic carbocycles. The number of aromatic nitrogens is 3. The minimum absolute atomic E-state index is 0.0128. The van der Waals surface area contributed by atoms with Crippen molar-refractivity contribution in [1.29, 1.82) is 0 Å². The maximum absolute atomic E-state index is 12.4. The zero-order valence-corrected chi connectivity index (χ0v) is 20.6. The highest BCUT2D eigenvalue weighted by Gasteiger charge is 2.78. The third-order valence-electron chi connectivity index (χ3n) is 6.31. The van der Waals surface area contributed by atoms with E-state index in [2.05, 4.69) is 42.2 Å². The van der Waals surface area contributed by atoms with Gasteiger partial charge in [-0.2, -0.15) is 23.1 Å². The van der Waals surface area contributed by atoms with Gasteiger partial charge in [-0.15, -0.1) is 0 Å². The molecule has 2 heterocycles. The predicted molar refractivity (Wildman–Crippen MR) is 126 cm³/mol. The van der Waals surface area contributed by atoms with E-state index in [9.17, 15) is 28.5 Å². The van der Waals surface area contributed by atoms with Gasteiger partial charge in [0, 0.05) is 31.2 Å². The van der Waals surface area contributed by atoms with Crippen LogP contribution in [0.5, 0.6) is 5.88 Å². The fraction of sp³-hybridized carbons (Fsp3) is 0.522. The van der Waals surface area contributed by atoms with Crippen LogP contribution in [-0.2, 0) is 4.74 Å². The van der Waals surface area contributed by atoms with E-state index in [0.717, 1.165) is 0 Å². The lowest BCUT2D eigenvalue weighted by Gasteiger charge is -2.32. The number of hydrogen-bond donors (Lipinski definition) is 5. The Labute approximate surface area is 215 Å². The van der Waals surface area contributed by atoms with Crippen molar-refractivity contribution < 1.29 is 38.0 Å². The molecule has 0 amide bonds. The van der Waals surface area contributed by atoms with E-state index in [1.807, 2.05) is 0 Å². The van der Waals surface area contributed by atoms with Crippen molar-refractivity contribution in [3.63, 3.8) is 0 Å². The normalized spacial score (nSPS) is 26.2. The summed E-state index contributed by atoms with van der Waals surface area (Å²) in [6.07, 6.45) is -5.04. The number of ether oxygens (including phenoxy) is 2. The number of pyridine rings is 1. The Morgan fingerprint density at radius 3 is 2.59 bits per heavy atom. The molecule has 4 atom stereocenters. The van der Waals surface area contributed by atoms with Crippen LogP contribution in [0, 0.1) is 24.7 Å². The molecule has 5 N–H and O–H groups in total. The first kappa shape index (κ1) is 27.2. The van der Waals surface area contributed by atoms with Crippen molar-refractivity contribution >= 4 is 23.4 Å². The van der Waals surface area contributed by atoms with Gasteiger partial charge in [0.2, 0.25) is 11.8 Å². The van der Waals surface area contributed by atoms with Crippen LogP contribution < -0.4 is 15.4 Å². The van der Waals surface area contributed by atoms with E-state index < -0.39 is 36.1 Å². The van der Waals surface area contributed by atoms with Crippen LogP contribution in [-0.4, -0.2) is 80.7 Å². The van der Waals surface area contributed by atoms with E-state index >= 15 is 0 Å². The topological polar surface area (TPSA) is 142 Å². The lowest BCUT2D eigenvalue weighted by Crippen LogP contribution is -2.51. The molecule has 0 saturated heterocycles.